The summed E-state index contributed by atoms with van der Waals surface area (Å²) in [6.45, 7) is 4.14. The van der Waals surface area contributed by atoms with Gasteiger partial charge in [0.05, 0.1) is 20.4 Å². The summed E-state index contributed by atoms with van der Waals surface area (Å²) in [7, 11) is -3.55. The Kier molecular flexibility index (Phi) is 6.58. The van der Waals surface area contributed by atoms with Crippen LogP contribution in [0.2, 0.25) is 0 Å². The Bertz CT molecular complexity index is 1320. The molecule has 1 unspecified atom stereocenters. The lowest BCUT2D eigenvalue weighted by Crippen LogP contribution is -2.23. The van der Waals surface area contributed by atoms with Gasteiger partial charge in [-0.15, -0.1) is 10.2 Å². The van der Waals surface area contributed by atoms with Crippen molar-refractivity contribution in [2.75, 3.05) is 5.32 Å². The van der Waals surface area contributed by atoms with Crippen molar-refractivity contribution in [3.63, 3.8) is 0 Å². The highest BCUT2D eigenvalue weighted by molar-refractivity contribution is 8.00. The van der Waals surface area contributed by atoms with E-state index in [4.69, 9.17) is 0 Å². The number of nitrogens with one attached hydrogen (secondary N) is 1. The van der Waals surface area contributed by atoms with Crippen molar-refractivity contribution in [3.8, 4) is 0 Å². The Balaban J connectivity index is 1.47. The molecule has 0 saturated heterocycles. The van der Waals surface area contributed by atoms with E-state index in [1.807, 2.05) is 31.2 Å². The van der Waals surface area contributed by atoms with E-state index in [1.54, 1.807) is 41.8 Å². The zero-order valence-electron chi connectivity index (χ0n) is 17.4. The van der Waals surface area contributed by atoms with Gasteiger partial charge in [0.2, 0.25) is 5.91 Å². The summed E-state index contributed by atoms with van der Waals surface area (Å²) in [6.07, 6.45) is 0. The molecule has 0 fully saturated rings. The van der Waals surface area contributed by atoms with Gasteiger partial charge in [0.25, 0.3) is 0 Å². The first-order valence-electron chi connectivity index (χ1n) is 9.90. The summed E-state index contributed by atoms with van der Waals surface area (Å²) >= 11 is 2.64. The third-order valence-corrected chi connectivity index (χ3v) is 8.37. The minimum absolute atomic E-state index is 0.210. The Labute approximate surface area is 194 Å². The fraction of sp³-hybridized carbons (Fsp3) is 0.238. The Morgan fingerprint density at radius 3 is 2.56 bits per heavy atom. The number of carbonyl (C=O) groups excluding carboxylic acids is 1. The van der Waals surface area contributed by atoms with Crippen molar-refractivity contribution in [2.24, 2.45) is 0 Å². The van der Waals surface area contributed by atoms with E-state index in [0.717, 1.165) is 10.2 Å². The Hall–Kier alpha value is -2.76. The number of sulfone groups is 1. The van der Waals surface area contributed by atoms with Gasteiger partial charge >= 0.3 is 0 Å². The maximum Gasteiger partial charge on any atom is 0.239 e. The molecule has 0 saturated carbocycles. The number of benzene rings is 2. The van der Waals surface area contributed by atoms with E-state index in [1.165, 1.54) is 23.1 Å². The quantitative estimate of drug-likeness (QED) is 0.374. The minimum Gasteiger partial charge on any atom is -0.305 e. The number of hydrogen-bond acceptors (Lipinski definition) is 8. The molecule has 1 amide bonds. The van der Waals surface area contributed by atoms with Crippen LogP contribution in [-0.2, 0) is 26.9 Å². The first-order valence-corrected chi connectivity index (χ1v) is 13.2. The molecule has 0 spiro atoms. The smallest absolute Gasteiger partial charge is 0.239 e. The molecule has 0 bridgehead atoms. The molecular formula is C21H21N5O3S3. The highest BCUT2D eigenvalue weighted by Crippen LogP contribution is 2.28. The molecule has 1 atom stereocenters. The topological polar surface area (TPSA) is 107 Å². The number of carbonyl (C=O) groups is 1. The van der Waals surface area contributed by atoms with Crippen molar-refractivity contribution < 1.29 is 13.2 Å². The number of aromatic nitrogens is 4. The van der Waals surface area contributed by atoms with Crippen LogP contribution in [-0.4, -0.2) is 39.3 Å². The van der Waals surface area contributed by atoms with Crippen LogP contribution in [0.1, 0.15) is 19.7 Å². The summed E-state index contributed by atoms with van der Waals surface area (Å²) < 4.78 is 28.2. The second kappa shape index (κ2) is 9.39. The molecule has 0 aliphatic carbocycles. The highest BCUT2D eigenvalue weighted by atomic mass is 32.2. The van der Waals surface area contributed by atoms with Crippen LogP contribution in [0.15, 0.2) is 64.6 Å². The predicted molar refractivity (Wildman–Crippen MR) is 127 cm³/mol. The molecule has 166 valence electrons. The second-order valence-electron chi connectivity index (χ2n) is 6.95. The molecule has 0 aliphatic heterocycles. The summed E-state index contributed by atoms with van der Waals surface area (Å²) in [5.74, 6) is -0.124. The number of para-hydroxylation sites is 1. The first-order chi connectivity index (χ1) is 15.4. The van der Waals surface area contributed by atoms with Crippen molar-refractivity contribution >= 4 is 54.2 Å². The van der Waals surface area contributed by atoms with E-state index in [2.05, 4.69) is 20.5 Å². The van der Waals surface area contributed by atoms with Crippen LogP contribution >= 0.6 is 23.1 Å². The molecular weight excluding hydrogens is 466 g/mol. The molecule has 0 radical (unpaired) electrons. The van der Waals surface area contributed by atoms with Crippen molar-refractivity contribution in [1.82, 2.24) is 19.7 Å². The number of amides is 1. The van der Waals surface area contributed by atoms with Crippen LogP contribution in [0.5, 0.6) is 0 Å². The fourth-order valence-electron chi connectivity index (χ4n) is 3.06. The fourth-order valence-corrected chi connectivity index (χ4v) is 6.15. The van der Waals surface area contributed by atoms with Gasteiger partial charge in [-0.05, 0) is 38.1 Å². The van der Waals surface area contributed by atoms with Gasteiger partial charge < -0.3 is 9.88 Å². The van der Waals surface area contributed by atoms with Gasteiger partial charge in [-0.2, -0.15) is 0 Å². The molecule has 4 aromatic rings. The number of thiazole rings is 1. The largest absolute Gasteiger partial charge is 0.305 e. The summed E-state index contributed by atoms with van der Waals surface area (Å²) in [5, 5.41) is 11.6. The van der Waals surface area contributed by atoms with Gasteiger partial charge in [-0.3, -0.25) is 4.79 Å². The lowest BCUT2D eigenvalue weighted by molar-refractivity contribution is -0.115. The van der Waals surface area contributed by atoms with Crippen molar-refractivity contribution in [2.45, 2.75) is 41.4 Å². The van der Waals surface area contributed by atoms with E-state index < -0.39 is 15.1 Å². The van der Waals surface area contributed by atoms with Gasteiger partial charge in [-0.25, -0.2) is 13.4 Å². The average Bonchev–Trinajstić information content (AvgIpc) is 3.36. The average molecular weight is 488 g/mol. The lowest BCUT2D eigenvalue weighted by atomic mass is 10.3. The minimum atomic E-state index is -3.55. The molecule has 11 heteroatoms. The van der Waals surface area contributed by atoms with E-state index in [0.29, 0.717) is 22.7 Å². The second-order valence-corrected chi connectivity index (χ2v) is 11.3. The van der Waals surface area contributed by atoms with Crippen LogP contribution in [0.4, 0.5) is 5.13 Å². The maximum absolute atomic E-state index is 12.7. The number of thioether (sulfide) groups is 1. The Morgan fingerprint density at radius 2 is 1.84 bits per heavy atom. The van der Waals surface area contributed by atoms with E-state index in [9.17, 15) is 13.2 Å². The SMILES string of the molecule is CCn1c(CS(=O)(=O)c2ccccc2)nnc1SC(C)C(=O)Nc1nc2ccccc2s1. The van der Waals surface area contributed by atoms with E-state index >= 15 is 0 Å². The van der Waals surface area contributed by atoms with Gasteiger partial charge in [-0.1, -0.05) is 53.4 Å². The van der Waals surface area contributed by atoms with Gasteiger partial charge in [0.15, 0.2) is 20.1 Å². The monoisotopic (exact) mass is 487 g/mol. The molecule has 2 aromatic carbocycles. The molecule has 2 heterocycles. The van der Waals surface area contributed by atoms with Gasteiger partial charge in [0, 0.05) is 6.54 Å². The third kappa shape index (κ3) is 4.84. The van der Waals surface area contributed by atoms with Crippen LogP contribution in [0.25, 0.3) is 10.2 Å². The maximum atomic E-state index is 12.7. The summed E-state index contributed by atoms with van der Waals surface area (Å²) in [4.78, 5) is 17.4. The van der Waals surface area contributed by atoms with Crippen LogP contribution in [0.3, 0.4) is 0 Å². The predicted octanol–water partition coefficient (Wildman–Crippen LogP) is 4.00. The molecule has 32 heavy (non-hydrogen) atoms. The lowest BCUT2D eigenvalue weighted by Gasteiger charge is -2.12. The Morgan fingerprint density at radius 1 is 1.12 bits per heavy atom. The summed E-state index contributed by atoms with van der Waals surface area (Å²) in [5.41, 5.74) is 0.836. The highest BCUT2D eigenvalue weighted by Gasteiger charge is 2.24. The number of rotatable bonds is 8. The summed E-state index contributed by atoms with van der Waals surface area (Å²) in [6, 6.07) is 15.9. The number of nitrogens with zero attached hydrogens (tertiary/aromatic N) is 4. The molecule has 8 nitrogen and oxygen atoms in total. The van der Waals surface area contributed by atoms with E-state index in [-0.39, 0.29) is 16.6 Å². The standard InChI is InChI=1S/C21H21N5O3S3/c1-3-26-18(13-32(28,29)15-9-5-4-6-10-15)24-25-21(26)30-14(2)19(27)23-20-22-16-11-7-8-12-17(16)31-20/h4-12,14H,3,13H2,1-2H3,(H,22,23,27). The van der Waals surface area contributed by atoms with Crippen molar-refractivity contribution in [3.05, 3.63) is 60.4 Å². The number of hydrogen-bond donors (Lipinski definition) is 1. The van der Waals surface area contributed by atoms with Crippen molar-refractivity contribution in [1.29, 1.82) is 0 Å². The van der Waals surface area contributed by atoms with Gasteiger partial charge in [0.1, 0.15) is 11.6 Å². The van der Waals surface area contributed by atoms with Crippen LogP contribution in [0, 0.1) is 0 Å². The normalized spacial score (nSPS) is 12.7. The molecule has 4 rings (SSSR count). The zero-order valence-corrected chi connectivity index (χ0v) is 19.9. The first kappa shape index (κ1) is 22.4. The number of anilines is 1. The zero-order chi connectivity index (χ0) is 22.7. The molecule has 0 aliphatic rings. The third-order valence-electron chi connectivity index (χ3n) is 4.71. The van der Waals surface area contributed by atoms with Crippen LogP contribution < -0.4 is 5.32 Å². The molecule has 1 N–H and O–H groups in total. The molecule has 2 aromatic heterocycles. The number of fused-ring (bicyclic) bond motifs is 1.